The molecule has 0 radical (unpaired) electrons. The number of hydrogen-bond donors (Lipinski definition) is 4. The maximum atomic E-state index is 11.4. The van der Waals surface area contributed by atoms with Gasteiger partial charge in [0.15, 0.2) is 0 Å². The van der Waals surface area contributed by atoms with Gasteiger partial charge in [-0.05, 0) is 18.6 Å². The van der Waals surface area contributed by atoms with Crippen molar-refractivity contribution in [2.24, 2.45) is 0 Å². The number of aliphatic hydroxyl groups excluding tert-OH is 3. The normalized spacial score (nSPS) is 30.9. The standard InChI is InChI=1S/C15H22N2O5S/c1-3-9-5-4-6-11(17-9)23-15-12(16-8(2)19)14(21)13(20)10(7-18)22-15/h4-6,10,12-15,18,20-21H,3,7H2,1-2H3,(H,16,19)/t10-,12-,13-,14-,15+/m1/s1. The first-order valence-electron chi connectivity index (χ1n) is 7.48. The maximum absolute atomic E-state index is 11.4. The van der Waals surface area contributed by atoms with Gasteiger partial charge in [0.05, 0.1) is 17.7 Å². The molecule has 1 aliphatic rings. The second-order valence-electron chi connectivity index (χ2n) is 5.37. The molecule has 1 saturated heterocycles. The van der Waals surface area contributed by atoms with E-state index in [1.54, 1.807) is 0 Å². The molecule has 2 heterocycles. The Morgan fingerprint density at radius 1 is 1.39 bits per heavy atom. The van der Waals surface area contributed by atoms with Crippen LogP contribution in [0.5, 0.6) is 0 Å². The molecule has 5 atom stereocenters. The largest absolute Gasteiger partial charge is 0.394 e. The summed E-state index contributed by atoms with van der Waals surface area (Å²) in [6.45, 7) is 2.90. The Kier molecular flexibility index (Phi) is 6.37. The summed E-state index contributed by atoms with van der Waals surface area (Å²) in [5.74, 6) is -0.340. The van der Waals surface area contributed by atoms with E-state index in [-0.39, 0.29) is 5.91 Å². The number of ether oxygens (including phenoxy) is 1. The molecule has 7 nitrogen and oxygen atoms in total. The van der Waals surface area contributed by atoms with E-state index in [1.165, 1.54) is 18.7 Å². The molecule has 0 aliphatic carbocycles. The van der Waals surface area contributed by atoms with Gasteiger partial charge in [0.25, 0.3) is 0 Å². The Morgan fingerprint density at radius 2 is 2.13 bits per heavy atom. The second kappa shape index (κ2) is 8.07. The number of thioether (sulfide) groups is 1. The predicted octanol–water partition coefficient (Wildman–Crippen LogP) is -0.320. The lowest BCUT2D eigenvalue weighted by molar-refractivity contribution is -0.173. The van der Waals surface area contributed by atoms with Crippen molar-refractivity contribution in [2.45, 2.75) is 55.1 Å². The molecular formula is C15H22N2O5S. The van der Waals surface area contributed by atoms with Gasteiger partial charge in [-0.3, -0.25) is 4.79 Å². The van der Waals surface area contributed by atoms with E-state index in [0.29, 0.717) is 5.03 Å². The number of amides is 1. The van der Waals surface area contributed by atoms with Crippen LogP contribution in [0.3, 0.4) is 0 Å². The van der Waals surface area contributed by atoms with Crippen molar-refractivity contribution < 1.29 is 24.9 Å². The summed E-state index contributed by atoms with van der Waals surface area (Å²) in [4.78, 5) is 15.8. The van der Waals surface area contributed by atoms with Crippen LogP contribution in [-0.2, 0) is 16.0 Å². The molecule has 23 heavy (non-hydrogen) atoms. The molecule has 1 aromatic rings. The quantitative estimate of drug-likeness (QED) is 0.580. The van der Waals surface area contributed by atoms with E-state index in [0.717, 1.165) is 12.1 Å². The van der Waals surface area contributed by atoms with Gasteiger partial charge >= 0.3 is 0 Å². The topological polar surface area (TPSA) is 112 Å². The van der Waals surface area contributed by atoms with E-state index in [1.807, 2.05) is 25.1 Å². The monoisotopic (exact) mass is 342 g/mol. The van der Waals surface area contributed by atoms with Gasteiger partial charge in [-0.1, -0.05) is 24.8 Å². The van der Waals surface area contributed by atoms with Crippen LogP contribution in [0.1, 0.15) is 19.5 Å². The van der Waals surface area contributed by atoms with Gasteiger partial charge in [0.2, 0.25) is 5.91 Å². The van der Waals surface area contributed by atoms with Gasteiger partial charge in [-0.25, -0.2) is 4.98 Å². The molecular weight excluding hydrogens is 320 g/mol. The minimum atomic E-state index is -1.27. The van der Waals surface area contributed by atoms with Crippen LogP contribution in [0.25, 0.3) is 0 Å². The number of aliphatic hydroxyl groups is 3. The molecule has 128 valence electrons. The number of rotatable bonds is 5. The molecule has 0 unspecified atom stereocenters. The highest BCUT2D eigenvalue weighted by Crippen LogP contribution is 2.32. The third-order valence-electron chi connectivity index (χ3n) is 3.63. The Balaban J connectivity index is 2.21. The number of nitrogens with zero attached hydrogens (tertiary/aromatic N) is 1. The van der Waals surface area contributed by atoms with E-state index in [4.69, 9.17) is 4.74 Å². The van der Waals surface area contributed by atoms with Gasteiger partial charge in [-0.15, -0.1) is 0 Å². The maximum Gasteiger partial charge on any atom is 0.217 e. The van der Waals surface area contributed by atoms with Gasteiger partial charge in [0.1, 0.15) is 23.7 Å². The Hall–Kier alpha value is -1.19. The Morgan fingerprint density at radius 3 is 2.74 bits per heavy atom. The van der Waals surface area contributed by atoms with Crippen molar-refractivity contribution in [1.82, 2.24) is 10.3 Å². The average Bonchev–Trinajstić information content (AvgIpc) is 2.54. The molecule has 0 bridgehead atoms. The molecule has 2 rings (SSSR count). The summed E-state index contributed by atoms with van der Waals surface area (Å²) in [6, 6.07) is 4.79. The van der Waals surface area contributed by atoms with E-state index >= 15 is 0 Å². The summed E-state index contributed by atoms with van der Waals surface area (Å²) < 4.78 is 5.66. The molecule has 1 aromatic heterocycles. The summed E-state index contributed by atoms with van der Waals surface area (Å²) in [5.41, 5.74) is 0.246. The average molecular weight is 342 g/mol. The highest BCUT2D eigenvalue weighted by Gasteiger charge is 2.45. The van der Waals surface area contributed by atoms with Gasteiger partial charge in [0, 0.05) is 12.6 Å². The molecule has 8 heteroatoms. The zero-order valence-electron chi connectivity index (χ0n) is 13.0. The number of carbonyl (C=O) groups is 1. The first kappa shape index (κ1) is 18.2. The van der Waals surface area contributed by atoms with Crippen molar-refractivity contribution in [2.75, 3.05) is 6.61 Å². The van der Waals surface area contributed by atoms with Gasteiger partial charge in [-0.2, -0.15) is 0 Å². The van der Waals surface area contributed by atoms with E-state index in [2.05, 4.69) is 10.3 Å². The SMILES string of the molecule is CCc1cccc(S[C@@H]2O[C@H](CO)[C@@H](O)[C@H](O)[C@H]2NC(C)=O)n1. The first-order valence-corrected chi connectivity index (χ1v) is 8.36. The van der Waals surface area contributed by atoms with Crippen molar-refractivity contribution in [3.05, 3.63) is 23.9 Å². The summed E-state index contributed by atoms with van der Waals surface area (Å²) >= 11 is 1.24. The minimum Gasteiger partial charge on any atom is -0.394 e. The van der Waals surface area contributed by atoms with Crippen LogP contribution in [0.15, 0.2) is 23.2 Å². The highest BCUT2D eigenvalue weighted by molar-refractivity contribution is 7.99. The fraction of sp³-hybridized carbons (Fsp3) is 0.600. The lowest BCUT2D eigenvalue weighted by Crippen LogP contribution is -2.63. The highest BCUT2D eigenvalue weighted by atomic mass is 32.2. The number of aromatic nitrogens is 1. The summed E-state index contributed by atoms with van der Waals surface area (Å²) in [5, 5.41) is 32.8. The van der Waals surface area contributed by atoms with Crippen LogP contribution < -0.4 is 5.32 Å². The third kappa shape index (κ3) is 4.42. The van der Waals surface area contributed by atoms with Crippen LogP contribution in [-0.4, -0.2) is 62.6 Å². The Labute approximate surface area is 139 Å². The number of carbonyl (C=O) groups excluding carboxylic acids is 1. The molecule has 0 aromatic carbocycles. The zero-order chi connectivity index (χ0) is 17.0. The molecule has 0 saturated carbocycles. The van der Waals surface area contributed by atoms with Crippen molar-refractivity contribution in [1.29, 1.82) is 0 Å². The second-order valence-corrected chi connectivity index (χ2v) is 6.49. The first-order chi connectivity index (χ1) is 11.0. The molecule has 0 spiro atoms. The summed E-state index contributed by atoms with van der Waals surface area (Å²) in [7, 11) is 0. The molecule has 1 aliphatic heterocycles. The minimum absolute atomic E-state index is 0.340. The lowest BCUT2D eigenvalue weighted by atomic mass is 9.98. The van der Waals surface area contributed by atoms with Crippen molar-refractivity contribution >= 4 is 17.7 Å². The zero-order valence-corrected chi connectivity index (χ0v) is 13.9. The molecule has 1 amide bonds. The van der Waals surface area contributed by atoms with Crippen LogP contribution in [0, 0.1) is 0 Å². The van der Waals surface area contributed by atoms with Crippen molar-refractivity contribution in [3.8, 4) is 0 Å². The third-order valence-corrected chi connectivity index (χ3v) is 4.74. The molecule has 4 N–H and O–H groups in total. The number of hydrogen-bond acceptors (Lipinski definition) is 7. The fourth-order valence-corrected chi connectivity index (χ4v) is 3.55. The van der Waals surface area contributed by atoms with Crippen LogP contribution >= 0.6 is 11.8 Å². The lowest BCUT2D eigenvalue weighted by Gasteiger charge is -2.42. The number of aryl methyl sites for hydroxylation is 1. The van der Waals surface area contributed by atoms with E-state index < -0.39 is 36.4 Å². The van der Waals surface area contributed by atoms with Crippen molar-refractivity contribution in [3.63, 3.8) is 0 Å². The van der Waals surface area contributed by atoms with Crippen LogP contribution in [0.4, 0.5) is 0 Å². The predicted molar refractivity (Wildman–Crippen MR) is 84.8 cm³/mol. The smallest absolute Gasteiger partial charge is 0.217 e. The fourth-order valence-electron chi connectivity index (χ4n) is 2.41. The van der Waals surface area contributed by atoms with E-state index in [9.17, 15) is 20.1 Å². The molecule has 1 fully saturated rings. The van der Waals surface area contributed by atoms with Crippen LogP contribution in [0.2, 0.25) is 0 Å². The number of pyridine rings is 1. The number of nitrogens with one attached hydrogen (secondary N) is 1. The Bertz CT molecular complexity index is 544. The van der Waals surface area contributed by atoms with Gasteiger partial charge < -0.3 is 25.4 Å². The summed E-state index contributed by atoms with van der Waals surface area (Å²) in [6.07, 6.45) is -2.64.